The molecule has 0 aliphatic carbocycles. The zero-order valence-electron chi connectivity index (χ0n) is 10.3. The number of nitrogens with zero attached hydrogens (tertiary/aromatic N) is 1. The first kappa shape index (κ1) is 12.1. The first-order valence-electron chi connectivity index (χ1n) is 6.20. The van der Waals surface area contributed by atoms with E-state index in [4.69, 9.17) is 5.73 Å². The summed E-state index contributed by atoms with van der Waals surface area (Å²) < 4.78 is 0. The fourth-order valence-electron chi connectivity index (χ4n) is 2.64. The van der Waals surface area contributed by atoms with Crippen molar-refractivity contribution < 1.29 is 0 Å². The van der Waals surface area contributed by atoms with Crippen molar-refractivity contribution in [3.05, 3.63) is 21.9 Å². The van der Waals surface area contributed by atoms with Gasteiger partial charge in [0.1, 0.15) is 0 Å². The molecule has 3 heteroatoms. The van der Waals surface area contributed by atoms with Gasteiger partial charge in [-0.1, -0.05) is 13.3 Å². The molecule has 1 aliphatic heterocycles. The van der Waals surface area contributed by atoms with Gasteiger partial charge in [-0.05, 0) is 36.8 Å². The molecule has 0 saturated heterocycles. The van der Waals surface area contributed by atoms with E-state index in [2.05, 4.69) is 30.2 Å². The highest BCUT2D eigenvalue weighted by Crippen LogP contribution is 2.30. The summed E-state index contributed by atoms with van der Waals surface area (Å²) in [7, 11) is 0. The maximum Gasteiger partial charge on any atom is 0.0307 e. The third-order valence-electron chi connectivity index (χ3n) is 3.80. The lowest BCUT2D eigenvalue weighted by Crippen LogP contribution is -2.53. The quantitative estimate of drug-likeness (QED) is 0.873. The summed E-state index contributed by atoms with van der Waals surface area (Å²) in [4.78, 5) is 4.15. The third-order valence-corrected chi connectivity index (χ3v) is 4.82. The Bertz CT molecular complexity index is 347. The Labute approximate surface area is 102 Å². The molecule has 90 valence electrons. The largest absolute Gasteiger partial charge is 0.329 e. The molecule has 0 amide bonds. The van der Waals surface area contributed by atoms with Crippen molar-refractivity contribution in [3.8, 4) is 0 Å². The summed E-state index contributed by atoms with van der Waals surface area (Å²) in [6.45, 7) is 7.58. The van der Waals surface area contributed by atoms with Crippen molar-refractivity contribution in [3.63, 3.8) is 0 Å². The number of hydrogen-bond donors (Lipinski definition) is 1. The van der Waals surface area contributed by atoms with Crippen LogP contribution in [0.25, 0.3) is 0 Å². The van der Waals surface area contributed by atoms with E-state index in [1.807, 2.05) is 11.3 Å². The van der Waals surface area contributed by atoms with Crippen LogP contribution in [-0.2, 0) is 13.0 Å². The zero-order valence-corrected chi connectivity index (χ0v) is 11.1. The molecule has 2 heterocycles. The van der Waals surface area contributed by atoms with Crippen molar-refractivity contribution in [1.29, 1.82) is 0 Å². The maximum absolute atomic E-state index is 5.98. The third kappa shape index (κ3) is 2.17. The molecule has 0 spiro atoms. The first-order chi connectivity index (χ1) is 7.69. The normalized spacial score (nSPS) is 20.4. The Kier molecular flexibility index (Phi) is 3.67. The van der Waals surface area contributed by atoms with Crippen molar-refractivity contribution in [2.45, 2.75) is 45.2 Å². The maximum atomic E-state index is 5.98. The summed E-state index contributed by atoms with van der Waals surface area (Å²) in [5.41, 5.74) is 7.69. The van der Waals surface area contributed by atoms with Crippen LogP contribution in [-0.4, -0.2) is 23.5 Å². The van der Waals surface area contributed by atoms with Gasteiger partial charge in [0.25, 0.3) is 0 Å². The molecule has 2 nitrogen and oxygen atoms in total. The van der Waals surface area contributed by atoms with Crippen molar-refractivity contribution >= 4 is 11.3 Å². The molecule has 0 saturated carbocycles. The Morgan fingerprint density at radius 3 is 3.06 bits per heavy atom. The molecule has 16 heavy (non-hydrogen) atoms. The van der Waals surface area contributed by atoms with Crippen LogP contribution in [0, 0.1) is 0 Å². The van der Waals surface area contributed by atoms with Crippen LogP contribution in [0.5, 0.6) is 0 Å². The zero-order chi connectivity index (χ0) is 11.6. The van der Waals surface area contributed by atoms with E-state index in [1.54, 1.807) is 4.88 Å². The minimum Gasteiger partial charge on any atom is -0.329 e. The smallest absolute Gasteiger partial charge is 0.0307 e. The Morgan fingerprint density at radius 2 is 2.38 bits per heavy atom. The molecule has 0 fully saturated rings. The SMILES string of the molecule is CCCC(C)(CN)N1CCc2sccc2C1. The highest BCUT2D eigenvalue weighted by atomic mass is 32.1. The molecule has 0 bridgehead atoms. The molecule has 1 aliphatic rings. The number of thiophene rings is 1. The molecule has 1 aromatic heterocycles. The Balaban J connectivity index is 2.12. The van der Waals surface area contributed by atoms with Crippen LogP contribution < -0.4 is 5.73 Å². The van der Waals surface area contributed by atoms with Crippen molar-refractivity contribution in [2.24, 2.45) is 5.73 Å². The molecule has 1 unspecified atom stereocenters. The predicted molar refractivity (Wildman–Crippen MR) is 70.8 cm³/mol. The lowest BCUT2D eigenvalue weighted by Gasteiger charge is -2.42. The summed E-state index contributed by atoms with van der Waals surface area (Å²) in [5.74, 6) is 0. The van der Waals surface area contributed by atoms with E-state index in [9.17, 15) is 0 Å². The number of rotatable bonds is 4. The first-order valence-corrected chi connectivity index (χ1v) is 7.08. The van der Waals surface area contributed by atoms with Crippen LogP contribution in [0.2, 0.25) is 0 Å². The van der Waals surface area contributed by atoms with E-state index in [0.29, 0.717) is 0 Å². The Morgan fingerprint density at radius 1 is 1.56 bits per heavy atom. The Hall–Kier alpha value is -0.380. The average Bonchev–Trinajstić information content (AvgIpc) is 2.76. The van der Waals surface area contributed by atoms with Crippen molar-refractivity contribution in [2.75, 3.05) is 13.1 Å². The van der Waals surface area contributed by atoms with Gasteiger partial charge in [-0.15, -0.1) is 11.3 Å². The second-order valence-electron chi connectivity index (χ2n) is 4.99. The van der Waals surface area contributed by atoms with Crippen LogP contribution in [0.15, 0.2) is 11.4 Å². The lowest BCUT2D eigenvalue weighted by atomic mass is 9.91. The van der Waals surface area contributed by atoms with Crippen LogP contribution >= 0.6 is 11.3 Å². The number of nitrogens with two attached hydrogens (primary N) is 1. The van der Waals surface area contributed by atoms with Gasteiger partial charge >= 0.3 is 0 Å². The monoisotopic (exact) mass is 238 g/mol. The fourth-order valence-corrected chi connectivity index (χ4v) is 3.53. The van der Waals surface area contributed by atoms with Gasteiger partial charge in [0.2, 0.25) is 0 Å². The van der Waals surface area contributed by atoms with Crippen LogP contribution in [0.1, 0.15) is 37.1 Å². The van der Waals surface area contributed by atoms with Crippen LogP contribution in [0.3, 0.4) is 0 Å². The van der Waals surface area contributed by atoms with Gasteiger partial charge in [0.15, 0.2) is 0 Å². The second-order valence-corrected chi connectivity index (χ2v) is 5.99. The molecule has 2 rings (SSSR count). The fraction of sp³-hybridized carbons (Fsp3) is 0.692. The van der Waals surface area contributed by atoms with Crippen molar-refractivity contribution in [1.82, 2.24) is 4.90 Å². The summed E-state index contributed by atoms with van der Waals surface area (Å²) in [6, 6.07) is 2.27. The highest BCUT2D eigenvalue weighted by molar-refractivity contribution is 7.10. The highest BCUT2D eigenvalue weighted by Gasteiger charge is 2.32. The predicted octanol–water partition coefficient (Wildman–Crippen LogP) is 2.62. The second kappa shape index (κ2) is 4.86. The minimum absolute atomic E-state index is 0.189. The summed E-state index contributed by atoms with van der Waals surface area (Å²) in [5, 5.41) is 2.22. The van der Waals surface area contributed by atoms with Gasteiger partial charge in [0.05, 0.1) is 0 Å². The van der Waals surface area contributed by atoms with Gasteiger partial charge in [-0.25, -0.2) is 0 Å². The van der Waals surface area contributed by atoms with Gasteiger partial charge in [-0.3, -0.25) is 4.90 Å². The van der Waals surface area contributed by atoms with E-state index in [-0.39, 0.29) is 5.54 Å². The average molecular weight is 238 g/mol. The van der Waals surface area contributed by atoms with E-state index in [0.717, 1.165) is 13.1 Å². The number of fused-ring (bicyclic) bond motifs is 1. The molecular formula is C13H22N2S. The summed E-state index contributed by atoms with van der Waals surface area (Å²) >= 11 is 1.90. The van der Waals surface area contributed by atoms with E-state index in [1.165, 1.54) is 31.4 Å². The molecule has 1 atom stereocenters. The van der Waals surface area contributed by atoms with E-state index >= 15 is 0 Å². The molecular weight excluding hydrogens is 216 g/mol. The topological polar surface area (TPSA) is 29.3 Å². The molecule has 0 aromatic carbocycles. The molecule has 2 N–H and O–H groups in total. The van der Waals surface area contributed by atoms with Gasteiger partial charge in [0, 0.05) is 30.1 Å². The molecule has 1 aromatic rings. The minimum atomic E-state index is 0.189. The standard InChI is InChI=1S/C13H22N2S/c1-3-6-13(2,10-14)15-7-4-12-11(9-15)5-8-16-12/h5,8H,3-4,6-7,9-10,14H2,1-2H3. The molecule has 0 radical (unpaired) electrons. The number of hydrogen-bond acceptors (Lipinski definition) is 3. The van der Waals surface area contributed by atoms with E-state index < -0.39 is 0 Å². The lowest BCUT2D eigenvalue weighted by molar-refractivity contribution is 0.0867. The van der Waals surface area contributed by atoms with Crippen LogP contribution in [0.4, 0.5) is 0 Å². The van der Waals surface area contributed by atoms with Gasteiger partial charge < -0.3 is 5.73 Å². The summed E-state index contributed by atoms with van der Waals surface area (Å²) in [6.07, 6.45) is 3.61. The van der Waals surface area contributed by atoms with Gasteiger partial charge in [-0.2, -0.15) is 0 Å².